The van der Waals surface area contributed by atoms with Gasteiger partial charge in [0.05, 0.1) is 5.02 Å². The highest BCUT2D eigenvalue weighted by Crippen LogP contribution is 2.31. The summed E-state index contributed by atoms with van der Waals surface area (Å²) in [6, 6.07) is 15.0. The first kappa shape index (κ1) is 22.3. The van der Waals surface area contributed by atoms with Gasteiger partial charge in [0.15, 0.2) is 5.82 Å². The molecule has 9 heteroatoms. The Hall–Kier alpha value is -3.36. The average Bonchev–Trinajstić information content (AvgIpc) is 2.77. The Bertz CT molecular complexity index is 1030. The van der Waals surface area contributed by atoms with Crippen LogP contribution in [0.1, 0.15) is 29.8 Å². The fourth-order valence-electron chi connectivity index (χ4n) is 2.78. The number of carbonyl (C=O) groups excluding carboxylic acids is 1. The Morgan fingerprint density at radius 3 is 2.55 bits per heavy atom. The van der Waals surface area contributed by atoms with E-state index in [-0.39, 0.29) is 17.2 Å². The third-order valence-electron chi connectivity index (χ3n) is 4.43. The number of carbonyl (C=O) groups is 1. The minimum Gasteiger partial charge on any atom is -0.487 e. The summed E-state index contributed by atoms with van der Waals surface area (Å²) in [4.78, 5) is 26.0. The SMILES string of the molecule is CCN(CC)OC(=O)c1c(N)ncnc1Nc1ccc(OCc2ccccc2)c(Cl)c1. The number of hydrogen-bond acceptors (Lipinski definition) is 8. The Labute approximate surface area is 185 Å². The van der Waals surface area contributed by atoms with Crippen LogP contribution < -0.4 is 15.8 Å². The van der Waals surface area contributed by atoms with Crippen LogP contribution in [0.25, 0.3) is 0 Å². The summed E-state index contributed by atoms with van der Waals surface area (Å²) in [5.74, 6) is 0.139. The van der Waals surface area contributed by atoms with Gasteiger partial charge in [0.2, 0.25) is 0 Å². The highest BCUT2D eigenvalue weighted by Gasteiger charge is 2.22. The lowest BCUT2D eigenvalue weighted by molar-refractivity contribution is -0.103. The zero-order chi connectivity index (χ0) is 22.2. The lowest BCUT2D eigenvalue weighted by Crippen LogP contribution is -2.28. The van der Waals surface area contributed by atoms with Crippen molar-refractivity contribution < 1.29 is 14.4 Å². The minimum atomic E-state index is -0.641. The Kier molecular flexibility index (Phi) is 7.64. The molecule has 3 N–H and O–H groups in total. The minimum absolute atomic E-state index is 0.0172. The van der Waals surface area contributed by atoms with Crippen LogP contribution in [-0.4, -0.2) is 34.1 Å². The molecule has 0 aliphatic heterocycles. The summed E-state index contributed by atoms with van der Waals surface area (Å²) in [5.41, 5.74) is 7.62. The summed E-state index contributed by atoms with van der Waals surface area (Å²) < 4.78 is 5.79. The van der Waals surface area contributed by atoms with Crippen LogP contribution >= 0.6 is 11.6 Å². The van der Waals surface area contributed by atoms with Crippen molar-refractivity contribution in [2.75, 3.05) is 24.1 Å². The number of ether oxygens (including phenoxy) is 1. The summed E-state index contributed by atoms with van der Waals surface area (Å²) in [6.45, 7) is 5.24. The fraction of sp³-hybridized carbons (Fsp3) is 0.227. The van der Waals surface area contributed by atoms with E-state index in [1.165, 1.54) is 11.4 Å². The maximum atomic E-state index is 12.6. The van der Waals surface area contributed by atoms with Gasteiger partial charge >= 0.3 is 5.97 Å². The van der Waals surface area contributed by atoms with Gasteiger partial charge in [-0.05, 0) is 37.6 Å². The molecule has 0 bridgehead atoms. The topological polar surface area (TPSA) is 103 Å². The molecule has 0 radical (unpaired) electrons. The van der Waals surface area contributed by atoms with Gasteiger partial charge in [-0.1, -0.05) is 41.9 Å². The molecule has 1 aromatic heterocycles. The summed E-state index contributed by atoms with van der Waals surface area (Å²) >= 11 is 6.38. The maximum absolute atomic E-state index is 12.6. The van der Waals surface area contributed by atoms with E-state index in [4.69, 9.17) is 26.9 Å². The third-order valence-corrected chi connectivity index (χ3v) is 4.73. The Balaban J connectivity index is 1.76. The van der Waals surface area contributed by atoms with Gasteiger partial charge in [0.1, 0.15) is 30.1 Å². The van der Waals surface area contributed by atoms with Crippen LogP contribution in [0.3, 0.4) is 0 Å². The largest absolute Gasteiger partial charge is 0.487 e. The standard InChI is InChI=1S/C22H24ClN5O3/c1-3-28(4-2)31-22(29)19-20(24)25-14-26-21(19)27-16-10-11-18(17(23)12-16)30-13-15-8-6-5-7-9-15/h5-12,14H,3-4,13H2,1-2H3,(H3,24,25,26,27). The number of halogens is 1. The van der Waals surface area contributed by atoms with Crippen molar-refractivity contribution in [3.63, 3.8) is 0 Å². The molecule has 3 aromatic rings. The second kappa shape index (κ2) is 10.6. The van der Waals surface area contributed by atoms with Crippen molar-refractivity contribution in [3.8, 4) is 5.75 Å². The Morgan fingerprint density at radius 2 is 1.87 bits per heavy atom. The number of benzene rings is 2. The second-order valence-corrected chi connectivity index (χ2v) is 6.93. The lowest BCUT2D eigenvalue weighted by Gasteiger charge is -2.19. The van der Waals surface area contributed by atoms with Gasteiger partial charge in [-0.15, -0.1) is 5.06 Å². The van der Waals surface area contributed by atoms with Crippen molar-refractivity contribution in [2.45, 2.75) is 20.5 Å². The normalized spacial score (nSPS) is 10.7. The molecule has 0 fully saturated rings. The fourth-order valence-corrected chi connectivity index (χ4v) is 3.01. The van der Waals surface area contributed by atoms with Crippen molar-refractivity contribution in [1.82, 2.24) is 15.0 Å². The van der Waals surface area contributed by atoms with Crippen LogP contribution in [0.2, 0.25) is 5.02 Å². The van der Waals surface area contributed by atoms with Crippen LogP contribution in [-0.2, 0) is 11.4 Å². The average molecular weight is 442 g/mol. The molecular formula is C22H24ClN5O3. The van der Waals surface area contributed by atoms with Gasteiger partial charge in [-0.25, -0.2) is 14.8 Å². The molecule has 0 aliphatic carbocycles. The third kappa shape index (κ3) is 5.84. The smallest absolute Gasteiger partial charge is 0.364 e. The quantitative estimate of drug-likeness (QED) is 0.469. The molecule has 162 valence electrons. The number of hydrogen-bond donors (Lipinski definition) is 2. The molecule has 2 aromatic carbocycles. The number of nitrogens with zero attached hydrogens (tertiary/aromatic N) is 3. The predicted molar refractivity (Wildman–Crippen MR) is 120 cm³/mol. The number of nitrogens with one attached hydrogen (secondary N) is 1. The van der Waals surface area contributed by atoms with E-state index in [0.29, 0.717) is 36.2 Å². The van der Waals surface area contributed by atoms with E-state index < -0.39 is 5.97 Å². The van der Waals surface area contributed by atoms with E-state index in [1.54, 1.807) is 18.2 Å². The van der Waals surface area contributed by atoms with E-state index in [9.17, 15) is 4.79 Å². The first-order valence-corrected chi connectivity index (χ1v) is 10.2. The van der Waals surface area contributed by atoms with Crippen molar-refractivity contribution in [2.24, 2.45) is 0 Å². The van der Waals surface area contributed by atoms with Crippen LogP contribution in [0.5, 0.6) is 5.75 Å². The number of anilines is 3. The van der Waals surface area contributed by atoms with E-state index in [2.05, 4.69) is 15.3 Å². The van der Waals surface area contributed by atoms with E-state index in [1.807, 2.05) is 44.2 Å². The van der Waals surface area contributed by atoms with Crippen molar-refractivity contribution >= 4 is 34.9 Å². The molecule has 31 heavy (non-hydrogen) atoms. The number of nitrogen functional groups attached to an aromatic ring is 1. The molecular weight excluding hydrogens is 418 g/mol. The molecule has 0 aliphatic rings. The molecule has 8 nitrogen and oxygen atoms in total. The van der Waals surface area contributed by atoms with Gasteiger partial charge < -0.3 is 20.6 Å². The van der Waals surface area contributed by atoms with Gasteiger partial charge in [0.25, 0.3) is 0 Å². The van der Waals surface area contributed by atoms with Crippen LogP contribution in [0.15, 0.2) is 54.9 Å². The maximum Gasteiger partial charge on any atom is 0.364 e. The summed E-state index contributed by atoms with van der Waals surface area (Å²) in [5, 5.41) is 4.98. The number of rotatable bonds is 9. The zero-order valence-corrected chi connectivity index (χ0v) is 18.1. The monoisotopic (exact) mass is 441 g/mol. The summed E-state index contributed by atoms with van der Waals surface area (Å²) in [6.07, 6.45) is 1.27. The molecule has 0 unspecified atom stereocenters. The molecule has 0 atom stereocenters. The molecule has 0 saturated carbocycles. The van der Waals surface area contributed by atoms with Gasteiger partial charge in [-0.2, -0.15) is 0 Å². The van der Waals surface area contributed by atoms with Crippen LogP contribution in [0.4, 0.5) is 17.3 Å². The number of hydroxylamine groups is 2. The van der Waals surface area contributed by atoms with E-state index >= 15 is 0 Å². The van der Waals surface area contributed by atoms with Crippen molar-refractivity contribution in [1.29, 1.82) is 0 Å². The molecule has 0 amide bonds. The number of aromatic nitrogens is 2. The summed E-state index contributed by atoms with van der Waals surface area (Å²) in [7, 11) is 0. The molecule has 3 rings (SSSR count). The molecule has 1 heterocycles. The zero-order valence-electron chi connectivity index (χ0n) is 17.3. The highest BCUT2D eigenvalue weighted by atomic mass is 35.5. The predicted octanol–water partition coefficient (Wildman–Crippen LogP) is 4.45. The van der Waals surface area contributed by atoms with Gasteiger partial charge in [0, 0.05) is 18.8 Å². The van der Waals surface area contributed by atoms with Gasteiger partial charge in [-0.3, -0.25) is 0 Å². The highest BCUT2D eigenvalue weighted by molar-refractivity contribution is 6.32. The molecule has 0 saturated heterocycles. The lowest BCUT2D eigenvalue weighted by atomic mass is 10.2. The number of nitrogens with two attached hydrogens (primary N) is 1. The first-order chi connectivity index (χ1) is 15.0. The Morgan fingerprint density at radius 1 is 1.13 bits per heavy atom. The first-order valence-electron chi connectivity index (χ1n) is 9.82. The second-order valence-electron chi connectivity index (χ2n) is 6.52. The van der Waals surface area contributed by atoms with Crippen molar-refractivity contribution in [3.05, 3.63) is 71.0 Å². The van der Waals surface area contributed by atoms with Crippen LogP contribution in [0, 0.1) is 0 Å². The molecule has 0 spiro atoms. The van der Waals surface area contributed by atoms with E-state index in [0.717, 1.165) is 5.56 Å².